The van der Waals surface area contributed by atoms with E-state index in [0.29, 0.717) is 5.84 Å². The number of nitrogens with two attached hydrogens (primary N) is 2. The van der Waals surface area contributed by atoms with Crippen molar-refractivity contribution in [2.45, 2.75) is 19.4 Å². The molecule has 0 saturated heterocycles. The van der Waals surface area contributed by atoms with Crippen LogP contribution in [0.3, 0.4) is 0 Å². The smallest absolute Gasteiger partial charge is 0.272 e. The van der Waals surface area contributed by atoms with Crippen LogP contribution in [0.15, 0.2) is 22.0 Å². The third kappa shape index (κ3) is 2.81. The van der Waals surface area contributed by atoms with Crippen LogP contribution in [-0.2, 0) is 0 Å². The van der Waals surface area contributed by atoms with Gasteiger partial charge in [-0.25, -0.2) is 0 Å². The van der Waals surface area contributed by atoms with Crippen LogP contribution in [0.2, 0.25) is 0 Å². The van der Waals surface area contributed by atoms with Crippen LogP contribution in [0, 0.1) is 15.3 Å². The van der Waals surface area contributed by atoms with Crippen LogP contribution in [-0.4, -0.2) is 16.5 Å². The summed E-state index contributed by atoms with van der Waals surface area (Å²) in [5.41, 5.74) is 5.85. The minimum atomic E-state index is -1.75. The van der Waals surface area contributed by atoms with Gasteiger partial charge in [0.2, 0.25) is 5.54 Å². The van der Waals surface area contributed by atoms with E-state index in [1.54, 1.807) is 6.20 Å². The van der Waals surface area contributed by atoms with E-state index in [1.807, 2.05) is 13.8 Å². The quantitative estimate of drug-likeness (QED) is 0.242. The van der Waals surface area contributed by atoms with Gasteiger partial charge in [0.05, 0.1) is 11.3 Å². The van der Waals surface area contributed by atoms with E-state index in [4.69, 9.17) is 26.5 Å². The van der Waals surface area contributed by atoms with Gasteiger partial charge in [0.15, 0.2) is 0 Å². The normalized spacial score (nSPS) is 23.4. The van der Waals surface area contributed by atoms with Gasteiger partial charge in [0.25, 0.3) is 5.84 Å². The maximum atomic E-state index is 8.25. The Bertz CT molecular complexity index is 307. The molecule has 0 saturated carbocycles. The Morgan fingerprint density at radius 1 is 1.71 bits per heavy atom. The van der Waals surface area contributed by atoms with Crippen molar-refractivity contribution in [3.05, 3.63) is 27.1 Å². The molecule has 1 rings (SSSR count). The molecule has 0 aromatic rings. The summed E-state index contributed by atoms with van der Waals surface area (Å²) in [5.74, 6) is 0.294. The molecule has 0 radical (unpaired) electrons. The summed E-state index contributed by atoms with van der Waals surface area (Å²) in [6.45, 7) is 3.74. The van der Waals surface area contributed by atoms with Gasteiger partial charge in [-0.1, -0.05) is 0 Å². The van der Waals surface area contributed by atoms with E-state index < -0.39 is 10.6 Å². The van der Waals surface area contributed by atoms with Crippen molar-refractivity contribution < 1.29 is 10.5 Å². The highest BCUT2D eigenvalue weighted by Gasteiger charge is 2.37. The number of rotatable bonds is 1. The van der Waals surface area contributed by atoms with Crippen molar-refractivity contribution in [2.75, 3.05) is 0 Å². The number of azo groups is 1. The van der Waals surface area contributed by atoms with Crippen LogP contribution in [0.4, 0.5) is 0 Å². The molecule has 1 aliphatic heterocycles. The second kappa shape index (κ2) is 4.30. The van der Waals surface area contributed by atoms with E-state index in [0.717, 1.165) is 5.57 Å². The van der Waals surface area contributed by atoms with Crippen LogP contribution in [0.25, 0.3) is 0 Å². The molecule has 0 fully saturated rings. The number of hydrogen-bond donors (Lipinski definition) is 2. The molecular formula is C6H11N5O3. The first-order valence-corrected chi connectivity index (χ1v) is 3.60. The van der Waals surface area contributed by atoms with E-state index >= 15 is 0 Å². The Balaban J connectivity index is 0.000000364. The van der Waals surface area contributed by atoms with Gasteiger partial charge >= 0.3 is 0 Å². The van der Waals surface area contributed by atoms with Gasteiger partial charge in [-0.05, 0) is 19.4 Å². The molecule has 0 aromatic carbocycles. The van der Waals surface area contributed by atoms with Gasteiger partial charge in [0, 0.05) is 0 Å². The molecule has 0 aromatic heterocycles. The van der Waals surface area contributed by atoms with Crippen LogP contribution in [0.5, 0.6) is 0 Å². The first kappa shape index (κ1) is 12.0. The zero-order valence-electron chi connectivity index (χ0n) is 7.80. The summed E-state index contributed by atoms with van der Waals surface area (Å²) in [6.07, 6.45) is 1.67. The number of nitrogens with zero attached hydrogens (tertiary/aromatic N) is 3. The molecule has 1 aliphatic rings. The molecule has 14 heavy (non-hydrogen) atoms. The highest BCUT2D eigenvalue weighted by molar-refractivity contribution is 5.88. The first-order chi connectivity index (χ1) is 6.30. The van der Waals surface area contributed by atoms with Crippen molar-refractivity contribution in [1.29, 1.82) is 0 Å². The molecule has 8 nitrogen and oxygen atoms in total. The van der Waals surface area contributed by atoms with Crippen LogP contribution < -0.4 is 11.1 Å². The molecule has 0 bridgehead atoms. The molecule has 8 heteroatoms. The summed E-state index contributed by atoms with van der Waals surface area (Å²) < 4.78 is 0. The molecule has 0 amide bonds. The van der Waals surface area contributed by atoms with Crippen molar-refractivity contribution in [2.24, 2.45) is 16.0 Å². The average Bonchev–Trinajstić information content (AvgIpc) is 2.32. The third-order valence-electron chi connectivity index (χ3n) is 1.84. The minimum absolute atomic E-state index is 0.294. The molecule has 0 spiro atoms. The fourth-order valence-electron chi connectivity index (χ4n) is 0.721. The second-order valence-electron chi connectivity index (χ2n) is 2.78. The second-order valence-corrected chi connectivity index (χ2v) is 2.78. The Labute approximate surface area is 79.7 Å². The maximum absolute atomic E-state index is 8.25. The Morgan fingerprint density at radius 2 is 2.14 bits per heavy atom. The summed E-state index contributed by atoms with van der Waals surface area (Å²) in [7, 11) is 0. The lowest BCUT2D eigenvalue weighted by atomic mass is 9.95. The lowest BCUT2D eigenvalue weighted by Crippen LogP contribution is -2.57. The maximum Gasteiger partial charge on any atom is 0.272 e. The predicted molar refractivity (Wildman–Crippen MR) is 48.5 cm³/mol. The average molecular weight is 201 g/mol. The summed E-state index contributed by atoms with van der Waals surface area (Å²) in [4.78, 5) is 8.25. The topological polar surface area (TPSA) is 143 Å². The highest BCUT2D eigenvalue weighted by Crippen LogP contribution is 2.25. The summed E-state index contributed by atoms with van der Waals surface area (Å²) in [6, 6.07) is 0. The molecule has 4 N–H and O–H groups in total. The van der Waals surface area contributed by atoms with Gasteiger partial charge in [-0.3, -0.25) is 11.1 Å². The van der Waals surface area contributed by atoms with Crippen LogP contribution in [0.1, 0.15) is 13.8 Å². The SMILES string of the molecule is CC1=CN=NC1(C)C(N)=[NH2+].O=[N+]([O-])[O-]. The molecule has 78 valence electrons. The van der Waals surface area contributed by atoms with E-state index in [2.05, 4.69) is 10.2 Å². The summed E-state index contributed by atoms with van der Waals surface area (Å²) in [5, 5.41) is 27.8. The van der Waals surface area contributed by atoms with E-state index in [9.17, 15) is 0 Å². The Hall–Kier alpha value is -1.99. The van der Waals surface area contributed by atoms with Crippen molar-refractivity contribution in [3.8, 4) is 0 Å². The van der Waals surface area contributed by atoms with Crippen molar-refractivity contribution in [3.63, 3.8) is 0 Å². The van der Waals surface area contributed by atoms with Crippen molar-refractivity contribution in [1.82, 2.24) is 0 Å². The van der Waals surface area contributed by atoms with Gasteiger partial charge in [-0.15, -0.1) is 0 Å². The van der Waals surface area contributed by atoms with Crippen molar-refractivity contribution >= 4 is 5.84 Å². The zero-order valence-corrected chi connectivity index (χ0v) is 7.80. The molecule has 0 aliphatic carbocycles. The number of amidine groups is 1. The van der Waals surface area contributed by atoms with Gasteiger partial charge < -0.3 is 15.3 Å². The number of hydrogen-bond acceptors (Lipinski definition) is 5. The Morgan fingerprint density at radius 3 is 2.29 bits per heavy atom. The largest absolute Gasteiger partial charge is 0.356 e. The highest BCUT2D eigenvalue weighted by atomic mass is 16.9. The molecule has 1 heterocycles. The van der Waals surface area contributed by atoms with E-state index in [-0.39, 0.29) is 0 Å². The first-order valence-electron chi connectivity index (χ1n) is 3.60. The van der Waals surface area contributed by atoms with E-state index in [1.165, 1.54) is 0 Å². The van der Waals surface area contributed by atoms with Crippen LogP contribution >= 0.6 is 0 Å². The fraction of sp³-hybridized carbons (Fsp3) is 0.500. The molecular weight excluding hydrogens is 190 g/mol. The van der Waals surface area contributed by atoms with Gasteiger partial charge in [0.1, 0.15) is 0 Å². The predicted octanol–water partition coefficient (Wildman–Crippen LogP) is -1.01. The third-order valence-corrected chi connectivity index (χ3v) is 1.84. The monoisotopic (exact) mass is 201 g/mol. The lowest BCUT2D eigenvalue weighted by Gasteiger charge is -2.13. The lowest BCUT2D eigenvalue weighted by molar-refractivity contribution is -0.402. The molecule has 1 atom stereocenters. The fourth-order valence-corrected chi connectivity index (χ4v) is 0.721. The minimum Gasteiger partial charge on any atom is -0.356 e. The van der Waals surface area contributed by atoms with Gasteiger partial charge in [-0.2, -0.15) is 10.2 Å². The Kier molecular flexibility index (Phi) is 3.69. The molecule has 1 unspecified atom stereocenters. The standard InChI is InChI=1S/C6H10N4.NO3/c1-4-3-9-10-6(4,2)5(7)8;2-1(3)4/h3H,1-2H3,(H3,7,8);/q;-1/p+1. The zero-order chi connectivity index (χ0) is 11.4. The summed E-state index contributed by atoms with van der Waals surface area (Å²) >= 11 is 0.